The normalized spacial score (nSPS) is 20.6. The third-order valence-corrected chi connectivity index (χ3v) is 6.09. The third-order valence-electron chi connectivity index (χ3n) is 6.09. The van der Waals surface area contributed by atoms with Crippen LogP contribution in [0.15, 0.2) is 48.5 Å². The first-order valence-corrected chi connectivity index (χ1v) is 10.4. The van der Waals surface area contributed by atoms with Crippen LogP contribution in [-0.2, 0) is 12.8 Å². The van der Waals surface area contributed by atoms with Crippen LogP contribution in [0.25, 0.3) is 0 Å². The monoisotopic (exact) mass is 362 g/mol. The van der Waals surface area contributed by atoms with E-state index in [0.29, 0.717) is 5.78 Å². The molecule has 1 saturated heterocycles. The van der Waals surface area contributed by atoms with Gasteiger partial charge < -0.3 is 4.90 Å². The summed E-state index contributed by atoms with van der Waals surface area (Å²) in [5, 5.41) is 0. The molecule has 3 nitrogen and oxygen atoms in total. The summed E-state index contributed by atoms with van der Waals surface area (Å²) in [7, 11) is 0. The van der Waals surface area contributed by atoms with E-state index in [-0.39, 0.29) is 5.92 Å². The molecule has 3 heteroatoms. The molecule has 2 aliphatic rings. The molecule has 1 heterocycles. The lowest BCUT2D eigenvalue weighted by molar-refractivity contribution is 0.0901. The molecule has 142 valence electrons. The van der Waals surface area contributed by atoms with Gasteiger partial charge in [-0.1, -0.05) is 43.3 Å². The number of aryl methyl sites for hydroxylation is 1. The number of carbonyl (C=O) groups is 1. The Morgan fingerprint density at radius 1 is 1.00 bits per heavy atom. The topological polar surface area (TPSA) is 23.6 Å². The number of anilines is 1. The number of Topliss-reactive ketones (excluding diaryl/α,β-unsaturated/α-hetero) is 1. The van der Waals surface area contributed by atoms with Crippen molar-refractivity contribution in [3.05, 3.63) is 65.2 Å². The number of rotatable bonds is 5. The summed E-state index contributed by atoms with van der Waals surface area (Å²) < 4.78 is 0. The van der Waals surface area contributed by atoms with Crippen LogP contribution in [0.3, 0.4) is 0 Å². The van der Waals surface area contributed by atoms with Crippen LogP contribution in [0.5, 0.6) is 0 Å². The van der Waals surface area contributed by atoms with Crippen LogP contribution in [0.2, 0.25) is 0 Å². The predicted molar refractivity (Wildman–Crippen MR) is 112 cm³/mol. The molecular formula is C24H30N2O. The van der Waals surface area contributed by atoms with Gasteiger partial charge in [0.2, 0.25) is 0 Å². The Bertz CT molecular complexity index is 778. The Hall–Kier alpha value is -2.13. The van der Waals surface area contributed by atoms with Gasteiger partial charge in [0.15, 0.2) is 5.78 Å². The molecule has 0 saturated carbocycles. The van der Waals surface area contributed by atoms with E-state index in [4.69, 9.17) is 0 Å². The van der Waals surface area contributed by atoms with Crippen LogP contribution in [-0.4, -0.2) is 43.4 Å². The SMILES string of the molecule is CCCN1CCN(c2ccc3c(c2)C(=O)C(Cc2ccccc2)CC3)CC1. The molecule has 0 amide bonds. The minimum Gasteiger partial charge on any atom is -0.369 e. The largest absolute Gasteiger partial charge is 0.369 e. The molecule has 1 aliphatic carbocycles. The van der Waals surface area contributed by atoms with E-state index in [2.05, 4.69) is 59.2 Å². The summed E-state index contributed by atoms with van der Waals surface area (Å²) in [4.78, 5) is 18.1. The molecule has 1 aliphatic heterocycles. The van der Waals surface area contributed by atoms with Gasteiger partial charge >= 0.3 is 0 Å². The molecule has 0 spiro atoms. The molecule has 0 N–H and O–H groups in total. The highest BCUT2D eigenvalue weighted by Gasteiger charge is 2.28. The van der Waals surface area contributed by atoms with Gasteiger partial charge in [-0.05, 0) is 55.5 Å². The maximum absolute atomic E-state index is 13.2. The van der Waals surface area contributed by atoms with E-state index in [0.717, 1.165) is 51.0 Å². The average Bonchev–Trinajstić information content (AvgIpc) is 2.72. The minimum absolute atomic E-state index is 0.122. The number of carbonyl (C=O) groups excluding carboxylic acids is 1. The third kappa shape index (κ3) is 4.08. The van der Waals surface area contributed by atoms with Gasteiger partial charge in [-0.2, -0.15) is 0 Å². The Morgan fingerprint density at radius 2 is 1.78 bits per heavy atom. The first-order valence-electron chi connectivity index (χ1n) is 10.4. The number of ketones is 1. The minimum atomic E-state index is 0.122. The second-order valence-corrected chi connectivity index (χ2v) is 7.96. The molecule has 0 aromatic heterocycles. The summed E-state index contributed by atoms with van der Waals surface area (Å²) in [5.41, 5.74) is 4.69. The summed E-state index contributed by atoms with van der Waals surface area (Å²) in [5.74, 6) is 0.461. The Kier molecular flexibility index (Phi) is 5.58. The van der Waals surface area contributed by atoms with Gasteiger partial charge in [-0.3, -0.25) is 9.69 Å². The lowest BCUT2D eigenvalue weighted by Gasteiger charge is -2.36. The van der Waals surface area contributed by atoms with Crippen LogP contribution in [0.1, 0.15) is 41.3 Å². The molecule has 27 heavy (non-hydrogen) atoms. The van der Waals surface area contributed by atoms with Gasteiger partial charge in [0, 0.05) is 43.3 Å². The Morgan fingerprint density at radius 3 is 2.52 bits per heavy atom. The van der Waals surface area contributed by atoms with E-state index < -0.39 is 0 Å². The van der Waals surface area contributed by atoms with E-state index in [9.17, 15) is 4.79 Å². The fraction of sp³-hybridized carbons (Fsp3) is 0.458. The number of fused-ring (bicyclic) bond motifs is 1. The standard InChI is InChI=1S/C24H30N2O/c1-2-12-25-13-15-26(16-14-25)22-11-10-20-8-9-21(24(27)23(20)18-22)17-19-6-4-3-5-7-19/h3-7,10-11,18,21H,2,8-9,12-17H2,1H3. The van der Waals surface area contributed by atoms with Crippen molar-refractivity contribution in [2.45, 2.75) is 32.6 Å². The summed E-state index contributed by atoms with van der Waals surface area (Å²) in [6.07, 6.45) is 4.06. The van der Waals surface area contributed by atoms with E-state index in [1.54, 1.807) is 0 Å². The lowest BCUT2D eigenvalue weighted by atomic mass is 9.79. The zero-order valence-electron chi connectivity index (χ0n) is 16.4. The number of hydrogen-bond donors (Lipinski definition) is 0. The van der Waals surface area contributed by atoms with Gasteiger partial charge in [-0.25, -0.2) is 0 Å². The summed E-state index contributed by atoms with van der Waals surface area (Å²) in [6.45, 7) is 7.79. The highest BCUT2D eigenvalue weighted by Crippen LogP contribution is 2.31. The molecule has 4 rings (SSSR count). The van der Waals surface area contributed by atoms with Gasteiger partial charge in [0.05, 0.1) is 0 Å². The lowest BCUT2D eigenvalue weighted by Crippen LogP contribution is -2.46. The van der Waals surface area contributed by atoms with Crippen molar-refractivity contribution in [3.8, 4) is 0 Å². The maximum Gasteiger partial charge on any atom is 0.166 e. The second kappa shape index (κ2) is 8.26. The van der Waals surface area contributed by atoms with Crippen molar-refractivity contribution in [1.29, 1.82) is 0 Å². The number of nitrogens with zero attached hydrogens (tertiary/aromatic N) is 2. The maximum atomic E-state index is 13.2. The average molecular weight is 363 g/mol. The Balaban J connectivity index is 1.48. The second-order valence-electron chi connectivity index (χ2n) is 7.96. The van der Waals surface area contributed by atoms with Crippen molar-refractivity contribution in [1.82, 2.24) is 4.90 Å². The summed E-state index contributed by atoms with van der Waals surface area (Å²) >= 11 is 0. The van der Waals surface area contributed by atoms with Crippen LogP contribution in [0.4, 0.5) is 5.69 Å². The number of hydrogen-bond acceptors (Lipinski definition) is 3. The quantitative estimate of drug-likeness (QED) is 0.796. The fourth-order valence-electron chi connectivity index (χ4n) is 4.53. The first kappa shape index (κ1) is 18.2. The van der Waals surface area contributed by atoms with E-state index in [1.807, 2.05) is 6.07 Å². The molecule has 1 unspecified atom stereocenters. The smallest absolute Gasteiger partial charge is 0.166 e. The molecule has 1 atom stereocenters. The number of benzene rings is 2. The van der Waals surface area contributed by atoms with Crippen molar-refractivity contribution < 1.29 is 4.79 Å². The van der Waals surface area contributed by atoms with Crippen molar-refractivity contribution >= 4 is 11.5 Å². The van der Waals surface area contributed by atoms with Crippen molar-refractivity contribution in [3.63, 3.8) is 0 Å². The van der Waals surface area contributed by atoms with Gasteiger partial charge in [0.25, 0.3) is 0 Å². The molecule has 1 fully saturated rings. The van der Waals surface area contributed by atoms with Gasteiger partial charge in [0.1, 0.15) is 0 Å². The first-order chi connectivity index (χ1) is 13.2. The molecule has 0 radical (unpaired) electrons. The highest BCUT2D eigenvalue weighted by atomic mass is 16.1. The molecule has 2 aromatic carbocycles. The molecular weight excluding hydrogens is 332 g/mol. The molecule has 0 bridgehead atoms. The molecule has 2 aromatic rings. The van der Waals surface area contributed by atoms with Crippen molar-refractivity contribution in [2.24, 2.45) is 5.92 Å². The van der Waals surface area contributed by atoms with Crippen LogP contribution < -0.4 is 4.90 Å². The number of piperazine rings is 1. The zero-order valence-corrected chi connectivity index (χ0v) is 16.4. The van der Waals surface area contributed by atoms with Crippen LogP contribution in [0, 0.1) is 5.92 Å². The Labute approximate surface area is 163 Å². The zero-order chi connectivity index (χ0) is 18.6. The predicted octanol–water partition coefficient (Wildman–Crippen LogP) is 4.21. The van der Waals surface area contributed by atoms with Crippen molar-refractivity contribution in [2.75, 3.05) is 37.6 Å². The van der Waals surface area contributed by atoms with E-state index in [1.165, 1.54) is 29.8 Å². The van der Waals surface area contributed by atoms with E-state index >= 15 is 0 Å². The fourth-order valence-corrected chi connectivity index (χ4v) is 4.53. The van der Waals surface area contributed by atoms with Gasteiger partial charge in [-0.15, -0.1) is 0 Å². The summed E-state index contributed by atoms with van der Waals surface area (Å²) in [6, 6.07) is 17.0. The highest BCUT2D eigenvalue weighted by molar-refractivity contribution is 6.01. The van der Waals surface area contributed by atoms with Crippen LogP contribution >= 0.6 is 0 Å².